The smallest absolute Gasteiger partial charge is 0.413 e. The lowest BCUT2D eigenvalue weighted by molar-refractivity contribution is 0.0635. The summed E-state index contributed by atoms with van der Waals surface area (Å²) in [4.78, 5) is 11.8. The molecular formula is C16H28N4O2. The zero-order chi connectivity index (χ0) is 16.0. The monoisotopic (exact) mass is 308 g/mol. The van der Waals surface area contributed by atoms with Gasteiger partial charge in [-0.25, -0.2) is 4.79 Å². The second kappa shape index (κ2) is 7.63. The molecule has 1 fully saturated rings. The molecule has 0 atom stereocenters. The average Bonchev–Trinajstić information content (AvgIpc) is 2.69. The van der Waals surface area contributed by atoms with E-state index in [0.717, 1.165) is 5.56 Å². The fraction of sp³-hybridized carbons (Fsp3) is 0.750. The highest BCUT2D eigenvalue weighted by molar-refractivity contribution is 5.84. The summed E-state index contributed by atoms with van der Waals surface area (Å²) >= 11 is 0. The van der Waals surface area contributed by atoms with E-state index in [1.165, 1.54) is 38.5 Å². The van der Waals surface area contributed by atoms with Crippen LogP contribution in [0.1, 0.15) is 64.9 Å². The van der Waals surface area contributed by atoms with Crippen LogP contribution in [0.25, 0.3) is 0 Å². The summed E-state index contributed by atoms with van der Waals surface area (Å²) in [5.41, 5.74) is 0.443. The maximum Gasteiger partial charge on any atom is 0.413 e. The van der Waals surface area contributed by atoms with Gasteiger partial charge in [0.05, 0.1) is 6.20 Å². The Balaban J connectivity index is 1.85. The number of hydrogen-bond acceptors (Lipinski definition) is 4. The van der Waals surface area contributed by atoms with Gasteiger partial charge in [0.2, 0.25) is 0 Å². The van der Waals surface area contributed by atoms with Crippen molar-refractivity contribution in [1.29, 1.82) is 0 Å². The van der Waals surface area contributed by atoms with Crippen LogP contribution in [0, 0.1) is 0 Å². The Morgan fingerprint density at radius 2 is 2.00 bits per heavy atom. The van der Waals surface area contributed by atoms with E-state index in [2.05, 4.69) is 20.8 Å². The number of ether oxygens (including phenoxy) is 1. The Labute approximate surface area is 132 Å². The molecule has 1 heterocycles. The molecule has 1 aliphatic rings. The van der Waals surface area contributed by atoms with Gasteiger partial charge in [-0.3, -0.25) is 10.4 Å². The molecule has 0 spiro atoms. The van der Waals surface area contributed by atoms with Crippen LogP contribution in [0.15, 0.2) is 6.20 Å². The second-order valence-corrected chi connectivity index (χ2v) is 6.97. The first-order chi connectivity index (χ1) is 10.4. The molecule has 1 aromatic heterocycles. The Kier molecular flexibility index (Phi) is 5.83. The minimum atomic E-state index is -0.511. The van der Waals surface area contributed by atoms with Crippen LogP contribution in [0.5, 0.6) is 0 Å². The summed E-state index contributed by atoms with van der Waals surface area (Å²) in [7, 11) is 0. The molecule has 0 saturated heterocycles. The van der Waals surface area contributed by atoms with Crippen molar-refractivity contribution in [2.24, 2.45) is 0 Å². The third-order valence-corrected chi connectivity index (χ3v) is 3.78. The number of anilines is 1. The summed E-state index contributed by atoms with van der Waals surface area (Å²) in [6.45, 7) is 6.22. The number of hydrogen-bond donors (Lipinski definition) is 3. The number of carbonyl (C=O) groups is 1. The van der Waals surface area contributed by atoms with Crippen LogP contribution in [0.4, 0.5) is 10.6 Å². The Morgan fingerprint density at radius 1 is 1.32 bits per heavy atom. The molecule has 6 nitrogen and oxygen atoms in total. The van der Waals surface area contributed by atoms with Crippen LogP contribution in [0.3, 0.4) is 0 Å². The van der Waals surface area contributed by atoms with Crippen molar-refractivity contribution in [3.05, 3.63) is 11.8 Å². The fourth-order valence-electron chi connectivity index (χ4n) is 2.70. The van der Waals surface area contributed by atoms with Crippen molar-refractivity contribution < 1.29 is 9.53 Å². The van der Waals surface area contributed by atoms with Crippen molar-refractivity contribution in [3.8, 4) is 0 Å². The largest absolute Gasteiger partial charge is 0.444 e. The Morgan fingerprint density at radius 3 is 2.64 bits per heavy atom. The number of nitrogens with one attached hydrogen (secondary N) is 3. The molecule has 1 amide bonds. The van der Waals surface area contributed by atoms with Gasteiger partial charge < -0.3 is 10.1 Å². The van der Waals surface area contributed by atoms with Crippen LogP contribution >= 0.6 is 0 Å². The number of amides is 1. The van der Waals surface area contributed by atoms with E-state index in [1.807, 2.05) is 20.8 Å². The van der Waals surface area contributed by atoms with Crippen LogP contribution in [-0.4, -0.2) is 27.9 Å². The first-order valence-electron chi connectivity index (χ1n) is 8.20. The second-order valence-electron chi connectivity index (χ2n) is 6.97. The maximum absolute atomic E-state index is 11.8. The Bertz CT molecular complexity index is 471. The summed E-state index contributed by atoms with van der Waals surface area (Å²) < 4.78 is 5.26. The van der Waals surface area contributed by atoms with E-state index in [-0.39, 0.29) is 0 Å². The van der Waals surface area contributed by atoms with Gasteiger partial charge in [0.15, 0.2) is 0 Å². The molecule has 2 rings (SSSR count). The maximum atomic E-state index is 11.8. The number of H-pyrrole nitrogens is 1. The predicted molar refractivity (Wildman–Crippen MR) is 86.8 cm³/mol. The molecule has 1 aromatic rings. The van der Waals surface area contributed by atoms with Crippen LogP contribution < -0.4 is 10.6 Å². The van der Waals surface area contributed by atoms with E-state index < -0.39 is 11.7 Å². The SMILES string of the molecule is CC(C)(C)OC(=O)Nc1[nH]ncc1CNC1CCCCCC1. The first kappa shape index (κ1) is 16.8. The minimum Gasteiger partial charge on any atom is -0.444 e. The lowest BCUT2D eigenvalue weighted by Crippen LogP contribution is -2.29. The molecule has 3 N–H and O–H groups in total. The zero-order valence-electron chi connectivity index (χ0n) is 13.9. The molecule has 0 radical (unpaired) electrons. The van der Waals surface area contributed by atoms with Gasteiger partial charge in [0.25, 0.3) is 0 Å². The molecule has 0 unspecified atom stereocenters. The molecule has 124 valence electrons. The van der Waals surface area contributed by atoms with Gasteiger partial charge in [0.1, 0.15) is 11.4 Å². The van der Waals surface area contributed by atoms with Crippen molar-refractivity contribution in [1.82, 2.24) is 15.5 Å². The molecule has 0 bridgehead atoms. The lowest BCUT2D eigenvalue weighted by Gasteiger charge is -2.20. The highest BCUT2D eigenvalue weighted by atomic mass is 16.6. The standard InChI is InChI=1S/C16H28N4O2/c1-16(2,3)22-15(21)19-14-12(11-18-20-14)10-17-13-8-6-4-5-7-9-13/h11,13,17H,4-10H2,1-3H3,(H2,18,19,20,21). The molecule has 22 heavy (non-hydrogen) atoms. The minimum absolute atomic E-state index is 0.465. The number of aromatic nitrogens is 2. The average molecular weight is 308 g/mol. The van der Waals surface area contributed by atoms with Gasteiger partial charge in [-0.05, 0) is 33.6 Å². The molecular weight excluding hydrogens is 280 g/mol. The van der Waals surface area contributed by atoms with Gasteiger partial charge in [-0.15, -0.1) is 0 Å². The highest BCUT2D eigenvalue weighted by Gasteiger charge is 2.18. The van der Waals surface area contributed by atoms with Crippen LogP contribution in [-0.2, 0) is 11.3 Å². The molecule has 0 aliphatic heterocycles. The Hall–Kier alpha value is -1.56. The summed E-state index contributed by atoms with van der Waals surface area (Å²) in [5, 5.41) is 13.1. The normalized spacial score (nSPS) is 17.0. The van der Waals surface area contributed by atoms with E-state index >= 15 is 0 Å². The van der Waals surface area contributed by atoms with Gasteiger partial charge in [-0.2, -0.15) is 5.10 Å². The van der Waals surface area contributed by atoms with Crippen LogP contribution in [0.2, 0.25) is 0 Å². The number of carbonyl (C=O) groups excluding carboxylic acids is 1. The number of nitrogens with zero attached hydrogens (tertiary/aromatic N) is 1. The van der Waals surface area contributed by atoms with E-state index in [9.17, 15) is 4.79 Å². The first-order valence-corrected chi connectivity index (χ1v) is 8.20. The number of rotatable bonds is 4. The van der Waals surface area contributed by atoms with Crippen molar-refractivity contribution in [2.75, 3.05) is 5.32 Å². The van der Waals surface area contributed by atoms with E-state index in [1.54, 1.807) is 6.20 Å². The summed E-state index contributed by atoms with van der Waals surface area (Å²) in [6, 6.07) is 0.562. The summed E-state index contributed by atoms with van der Waals surface area (Å²) in [5.74, 6) is 0.607. The van der Waals surface area contributed by atoms with Crippen molar-refractivity contribution in [2.45, 2.75) is 77.5 Å². The van der Waals surface area contributed by atoms with E-state index in [4.69, 9.17) is 4.74 Å². The molecule has 0 aromatic carbocycles. The van der Waals surface area contributed by atoms with Gasteiger partial charge in [-0.1, -0.05) is 25.7 Å². The van der Waals surface area contributed by atoms with E-state index in [0.29, 0.717) is 18.4 Å². The molecule has 1 aliphatic carbocycles. The van der Waals surface area contributed by atoms with Crippen molar-refractivity contribution >= 4 is 11.9 Å². The fourth-order valence-corrected chi connectivity index (χ4v) is 2.70. The lowest BCUT2D eigenvalue weighted by atomic mass is 10.1. The topological polar surface area (TPSA) is 79.0 Å². The zero-order valence-corrected chi connectivity index (χ0v) is 13.9. The molecule has 1 saturated carbocycles. The third-order valence-electron chi connectivity index (χ3n) is 3.78. The summed E-state index contributed by atoms with van der Waals surface area (Å²) in [6.07, 6.45) is 9.02. The third kappa shape index (κ3) is 5.67. The highest BCUT2D eigenvalue weighted by Crippen LogP contribution is 2.19. The van der Waals surface area contributed by atoms with Crippen molar-refractivity contribution in [3.63, 3.8) is 0 Å². The predicted octanol–water partition coefficient (Wildman–Crippen LogP) is 3.57. The molecule has 6 heteroatoms. The van der Waals surface area contributed by atoms with Gasteiger partial charge >= 0.3 is 6.09 Å². The quantitative estimate of drug-likeness (QED) is 0.743. The van der Waals surface area contributed by atoms with Gasteiger partial charge in [0, 0.05) is 18.2 Å². The number of aromatic amines is 1.